The van der Waals surface area contributed by atoms with Gasteiger partial charge in [0.1, 0.15) is 12.4 Å². The van der Waals surface area contributed by atoms with Crippen LogP contribution in [0.3, 0.4) is 0 Å². The normalized spacial score (nSPS) is 13.9. The van der Waals surface area contributed by atoms with Gasteiger partial charge in [0.05, 0.1) is 12.7 Å². The molecule has 0 spiro atoms. The van der Waals surface area contributed by atoms with Crippen LogP contribution in [-0.4, -0.2) is 34.1 Å². The number of benzene rings is 1. The summed E-state index contributed by atoms with van der Waals surface area (Å²) in [6.07, 6.45) is 3.69. The molecule has 0 fully saturated rings. The third-order valence-electron chi connectivity index (χ3n) is 3.24. The van der Waals surface area contributed by atoms with Gasteiger partial charge in [0, 0.05) is 37.0 Å². The molecule has 0 atom stereocenters. The number of ether oxygens (including phenoxy) is 1. The van der Waals surface area contributed by atoms with E-state index in [0.29, 0.717) is 19.6 Å². The van der Waals surface area contributed by atoms with Gasteiger partial charge in [-0.25, -0.2) is 0 Å². The van der Waals surface area contributed by atoms with Gasteiger partial charge in [0.2, 0.25) is 5.91 Å². The molecule has 0 unspecified atom stereocenters. The molecule has 0 saturated heterocycles. The minimum atomic E-state index is -0.0482. The smallest absolute Gasteiger partial charge is 0.226 e. The lowest BCUT2D eigenvalue weighted by Gasteiger charge is -2.10. The second-order valence-corrected chi connectivity index (χ2v) is 4.81. The van der Waals surface area contributed by atoms with Crippen molar-refractivity contribution in [2.24, 2.45) is 0 Å². The fourth-order valence-corrected chi connectivity index (χ4v) is 2.18. The largest absolute Gasteiger partial charge is 0.492 e. The van der Waals surface area contributed by atoms with Crippen LogP contribution in [0.1, 0.15) is 12.0 Å². The third-order valence-corrected chi connectivity index (χ3v) is 3.24. The highest BCUT2D eigenvalue weighted by Gasteiger charge is 2.10. The van der Waals surface area contributed by atoms with Crippen molar-refractivity contribution in [3.8, 4) is 5.75 Å². The molecule has 1 aliphatic rings. The van der Waals surface area contributed by atoms with Crippen molar-refractivity contribution in [2.45, 2.75) is 19.5 Å². The van der Waals surface area contributed by atoms with Crippen molar-refractivity contribution >= 4 is 11.6 Å². The SMILES string of the molecule is O=C(CCn1ccnn1)Nc1ccc2c(c1)CNCCO2. The van der Waals surface area contributed by atoms with E-state index in [2.05, 4.69) is 20.9 Å². The highest BCUT2D eigenvalue weighted by Crippen LogP contribution is 2.24. The molecule has 7 nitrogen and oxygen atoms in total. The first kappa shape index (κ1) is 13.6. The second kappa shape index (κ2) is 6.36. The van der Waals surface area contributed by atoms with Gasteiger partial charge in [-0.1, -0.05) is 5.21 Å². The molecule has 0 aliphatic carbocycles. The Morgan fingerprint density at radius 1 is 1.48 bits per heavy atom. The lowest BCUT2D eigenvalue weighted by atomic mass is 10.1. The van der Waals surface area contributed by atoms with Crippen molar-refractivity contribution in [3.63, 3.8) is 0 Å². The van der Waals surface area contributed by atoms with Gasteiger partial charge in [-0.05, 0) is 18.2 Å². The predicted octanol–water partition coefficient (Wildman–Crippen LogP) is 0.789. The molecular weight excluding hydrogens is 270 g/mol. The molecule has 2 N–H and O–H groups in total. The first-order chi connectivity index (χ1) is 10.3. The Bertz CT molecular complexity index is 612. The number of rotatable bonds is 4. The zero-order chi connectivity index (χ0) is 14.5. The number of hydrogen-bond acceptors (Lipinski definition) is 5. The molecule has 0 radical (unpaired) electrons. The number of hydrogen-bond donors (Lipinski definition) is 2. The highest BCUT2D eigenvalue weighted by molar-refractivity contribution is 5.90. The average molecular weight is 287 g/mol. The molecule has 0 saturated carbocycles. The van der Waals surface area contributed by atoms with Crippen LogP contribution in [0.25, 0.3) is 0 Å². The zero-order valence-electron chi connectivity index (χ0n) is 11.6. The maximum atomic E-state index is 11.9. The van der Waals surface area contributed by atoms with Gasteiger partial charge in [-0.3, -0.25) is 9.48 Å². The van der Waals surface area contributed by atoms with Crippen molar-refractivity contribution < 1.29 is 9.53 Å². The van der Waals surface area contributed by atoms with Gasteiger partial charge in [0.15, 0.2) is 0 Å². The summed E-state index contributed by atoms with van der Waals surface area (Å²) in [5, 5.41) is 13.7. The van der Waals surface area contributed by atoms with Crippen molar-refractivity contribution in [3.05, 3.63) is 36.2 Å². The van der Waals surface area contributed by atoms with E-state index in [9.17, 15) is 4.79 Å². The molecule has 1 aromatic heterocycles. The monoisotopic (exact) mass is 287 g/mol. The summed E-state index contributed by atoms with van der Waals surface area (Å²) < 4.78 is 7.24. The van der Waals surface area contributed by atoms with Gasteiger partial charge >= 0.3 is 0 Å². The van der Waals surface area contributed by atoms with E-state index in [1.54, 1.807) is 17.1 Å². The third kappa shape index (κ3) is 3.57. The van der Waals surface area contributed by atoms with Crippen LogP contribution in [0.5, 0.6) is 5.75 Å². The Hall–Kier alpha value is -2.41. The minimum Gasteiger partial charge on any atom is -0.492 e. The molecular formula is C14H17N5O2. The van der Waals surface area contributed by atoms with Crippen LogP contribution in [0.2, 0.25) is 0 Å². The number of fused-ring (bicyclic) bond motifs is 1. The Morgan fingerprint density at radius 3 is 3.29 bits per heavy atom. The van der Waals surface area contributed by atoms with Gasteiger partial charge < -0.3 is 15.4 Å². The summed E-state index contributed by atoms with van der Waals surface area (Å²) in [6, 6.07) is 5.70. The van der Waals surface area contributed by atoms with E-state index in [-0.39, 0.29) is 5.91 Å². The Morgan fingerprint density at radius 2 is 2.43 bits per heavy atom. The molecule has 2 aromatic rings. The van der Waals surface area contributed by atoms with Crippen LogP contribution in [-0.2, 0) is 17.9 Å². The summed E-state index contributed by atoms with van der Waals surface area (Å²) in [6.45, 7) is 2.75. The first-order valence-corrected chi connectivity index (χ1v) is 6.92. The Labute approximate surface area is 122 Å². The van der Waals surface area contributed by atoms with Crippen LogP contribution in [0, 0.1) is 0 Å². The molecule has 0 bridgehead atoms. The van der Waals surface area contributed by atoms with E-state index in [4.69, 9.17) is 4.74 Å². The van der Waals surface area contributed by atoms with E-state index in [1.807, 2.05) is 18.2 Å². The van der Waals surface area contributed by atoms with Crippen molar-refractivity contribution in [1.82, 2.24) is 20.3 Å². The number of carbonyl (C=O) groups excluding carboxylic acids is 1. The number of carbonyl (C=O) groups is 1. The van der Waals surface area contributed by atoms with E-state index >= 15 is 0 Å². The molecule has 1 amide bonds. The van der Waals surface area contributed by atoms with E-state index in [1.165, 1.54) is 0 Å². The predicted molar refractivity (Wildman–Crippen MR) is 76.9 cm³/mol. The van der Waals surface area contributed by atoms with Crippen molar-refractivity contribution in [1.29, 1.82) is 0 Å². The highest BCUT2D eigenvalue weighted by atomic mass is 16.5. The molecule has 7 heteroatoms. The maximum absolute atomic E-state index is 11.9. The number of nitrogens with zero attached hydrogens (tertiary/aromatic N) is 3. The summed E-state index contributed by atoms with van der Waals surface area (Å²) in [5.41, 5.74) is 1.84. The minimum absolute atomic E-state index is 0.0482. The van der Waals surface area contributed by atoms with Crippen LogP contribution in [0.4, 0.5) is 5.69 Å². The Balaban J connectivity index is 1.59. The van der Waals surface area contributed by atoms with E-state index < -0.39 is 0 Å². The summed E-state index contributed by atoms with van der Waals surface area (Å²) in [7, 11) is 0. The second-order valence-electron chi connectivity index (χ2n) is 4.81. The fourth-order valence-electron chi connectivity index (χ4n) is 2.18. The number of nitrogens with one attached hydrogen (secondary N) is 2. The summed E-state index contributed by atoms with van der Waals surface area (Å²) in [5.74, 6) is 0.827. The average Bonchev–Trinajstić information content (AvgIpc) is 2.90. The lowest BCUT2D eigenvalue weighted by molar-refractivity contribution is -0.116. The fraction of sp³-hybridized carbons (Fsp3) is 0.357. The van der Waals surface area contributed by atoms with Gasteiger partial charge in [0.25, 0.3) is 0 Å². The lowest BCUT2D eigenvalue weighted by Crippen LogP contribution is -2.16. The van der Waals surface area contributed by atoms with Crippen molar-refractivity contribution in [2.75, 3.05) is 18.5 Å². The molecule has 1 aliphatic heterocycles. The topological polar surface area (TPSA) is 81.1 Å². The number of aromatic nitrogens is 3. The van der Waals surface area contributed by atoms with Gasteiger partial charge in [-0.2, -0.15) is 0 Å². The van der Waals surface area contributed by atoms with E-state index in [0.717, 1.165) is 30.1 Å². The summed E-state index contributed by atoms with van der Waals surface area (Å²) >= 11 is 0. The molecule has 2 heterocycles. The molecule has 21 heavy (non-hydrogen) atoms. The van der Waals surface area contributed by atoms with Gasteiger partial charge in [-0.15, -0.1) is 5.10 Å². The number of anilines is 1. The molecule has 1 aromatic carbocycles. The maximum Gasteiger partial charge on any atom is 0.226 e. The number of aryl methyl sites for hydroxylation is 1. The summed E-state index contributed by atoms with van der Waals surface area (Å²) in [4.78, 5) is 11.9. The standard InChI is InChI=1S/C14H17N5O2/c20-14(3-6-19-7-4-16-18-19)17-12-1-2-13-11(9-12)10-15-5-8-21-13/h1-2,4,7,9,15H,3,5-6,8,10H2,(H,17,20). The van der Waals surface area contributed by atoms with Crippen LogP contribution < -0.4 is 15.4 Å². The molecule has 110 valence electrons. The zero-order valence-corrected chi connectivity index (χ0v) is 11.6. The first-order valence-electron chi connectivity index (χ1n) is 6.92. The van der Waals surface area contributed by atoms with Crippen LogP contribution in [0.15, 0.2) is 30.6 Å². The number of amides is 1. The van der Waals surface area contributed by atoms with Crippen LogP contribution >= 0.6 is 0 Å². The molecule has 3 rings (SSSR count). The quantitative estimate of drug-likeness (QED) is 0.869. The Kier molecular flexibility index (Phi) is 4.11.